The standard InChI is InChI=1S/C11H15NO3/c1-11(2,3)9-7-8(10(13)15-12)5-4-6-14-9/h4-7H,12H2,1-3H3. The third kappa shape index (κ3) is 2.95. The van der Waals surface area contributed by atoms with E-state index in [2.05, 4.69) is 4.84 Å². The average Bonchev–Trinajstić information content (AvgIpc) is 2.40. The van der Waals surface area contributed by atoms with Gasteiger partial charge in [0.2, 0.25) is 0 Å². The molecule has 0 fully saturated rings. The second-order valence-corrected chi connectivity index (χ2v) is 4.23. The van der Waals surface area contributed by atoms with Gasteiger partial charge in [-0.05, 0) is 18.2 Å². The first-order chi connectivity index (χ1) is 6.95. The van der Waals surface area contributed by atoms with Crippen LogP contribution in [0.4, 0.5) is 0 Å². The summed E-state index contributed by atoms with van der Waals surface area (Å²) in [6.45, 7) is 5.97. The Balaban J connectivity index is 3.03. The summed E-state index contributed by atoms with van der Waals surface area (Å²) in [4.78, 5) is 15.4. The first-order valence-corrected chi connectivity index (χ1v) is 4.62. The molecular formula is C11H15NO3. The van der Waals surface area contributed by atoms with E-state index in [1.54, 1.807) is 18.2 Å². The largest absolute Gasteiger partial charge is 0.469 e. The van der Waals surface area contributed by atoms with Gasteiger partial charge in [0.05, 0.1) is 11.8 Å². The van der Waals surface area contributed by atoms with Gasteiger partial charge in [0.15, 0.2) is 0 Å². The summed E-state index contributed by atoms with van der Waals surface area (Å²) in [5.41, 5.74) is 0.194. The van der Waals surface area contributed by atoms with Gasteiger partial charge in [0, 0.05) is 5.41 Å². The molecule has 4 nitrogen and oxygen atoms in total. The Morgan fingerprint density at radius 1 is 1.47 bits per heavy atom. The molecule has 0 aromatic carbocycles. The van der Waals surface area contributed by atoms with Crippen molar-refractivity contribution in [1.29, 1.82) is 0 Å². The van der Waals surface area contributed by atoms with Gasteiger partial charge in [-0.15, -0.1) is 0 Å². The molecule has 0 saturated heterocycles. The van der Waals surface area contributed by atoms with Crippen LogP contribution >= 0.6 is 0 Å². The molecule has 0 aromatic heterocycles. The van der Waals surface area contributed by atoms with E-state index >= 15 is 0 Å². The summed E-state index contributed by atoms with van der Waals surface area (Å²) in [5.74, 6) is 4.93. The molecule has 15 heavy (non-hydrogen) atoms. The Bertz CT molecular complexity index is 345. The summed E-state index contributed by atoms with van der Waals surface area (Å²) in [5, 5.41) is 0. The second kappa shape index (κ2) is 4.31. The maximum atomic E-state index is 11.2. The highest BCUT2D eigenvalue weighted by Crippen LogP contribution is 2.28. The van der Waals surface area contributed by atoms with Crippen LogP contribution in [0.3, 0.4) is 0 Å². The molecule has 1 rings (SSSR count). The summed E-state index contributed by atoms with van der Waals surface area (Å²) in [7, 11) is 0. The summed E-state index contributed by atoms with van der Waals surface area (Å²) in [6.07, 6.45) is 6.37. The van der Waals surface area contributed by atoms with Crippen LogP contribution in [0.2, 0.25) is 0 Å². The molecule has 0 saturated carbocycles. The predicted molar refractivity (Wildman–Crippen MR) is 56.1 cm³/mol. The predicted octanol–water partition coefficient (Wildman–Crippen LogP) is 1.80. The number of rotatable bonds is 1. The Morgan fingerprint density at radius 3 is 2.67 bits per heavy atom. The smallest absolute Gasteiger partial charge is 0.356 e. The zero-order valence-corrected chi connectivity index (χ0v) is 9.11. The van der Waals surface area contributed by atoms with Crippen molar-refractivity contribution < 1.29 is 14.4 Å². The second-order valence-electron chi connectivity index (χ2n) is 4.23. The van der Waals surface area contributed by atoms with E-state index in [0.29, 0.717) is 11.3 Å². The lowest BCUT2D eigenvalue weighted by Gasteiger charge is -2.21. The molecule has 0 atom stereocenters. The molecule has 0 aromatic rings. The van der Waals surface area contributed by atoms with Crippen LogP contribution in [0.5, 0.6) is 0 Å². The lowest BCUT2D eigenvalue weighted by Crippen LogP contribution is -2.14. The first kappa shape index (κ1) is 11.5. The van der Waals surface area contributed by atoms with Crippen molar-refractivity contribution in [3.05, 3.63) is 35.8 Å². The van der Waals surface area contributed by atoms with E-state index < -0.39 is 5.97 Å². The maximum Gasteiger partial charge on any atom is 0.356 e. The molecule has 0 unspecified atom stereocenters. The number of hydrogen-bond donors (Lipinski definition) is 1. The van der Waals surface area contributed by atoms with E-state index in [1.165, 1.54) is 6.26 Å². The topological polar surface area (TPSA) is 61.5 Å². The van der Waals surface area contributed by atoms with Gasteiger partial charge < -0.3 is 9.57 Å². The van der Waals surface area contributed by atoms with Gasteiger partial charge in [-0.2, -0.15) is 5.90 Å². The summed E-state index contributed by atoms with van der Waals surface area (Å²) in [6, 6.07) is 0. The number of ether oxygens (including phenoxy) is 1. The van der Waals surface area contributed by atoms with Crippen molar-refractivity contribution in [2.45, 2.75) is 20.8 Å². The Hall–Kier alpha value is -1.55. The quantitative estimate of drug-likeness (QED) is 0.669. The van der Waals surface area contributed by atoms with Crippen molar-refractivity contribution in [2.24, 2.45) is 11.3 Å². The van der Waals surface area contributed by atoms with Crippen LogP contribution < -0.4 is 5.90 Å². The van der Waals surface area contributed by atoms with E-state index in [-0.39, 0.29) is 5.41 Å². The number of allylic oxidation sites excluding steroid dienone is 3. The van der Waals surface area contributed by atoms with Gasteiger partial charge >= 0.3 is 5.97 Å². The monoisotopic (exact) mass is 209 g/mol. The Labute approximate surface area is 89.0 Å². The maximum absolute atomic E-state index is 11.2. The zero-order chi connectivity index (χ0) is 11.5. The molecule has 1 aliphatic heterocycles. The number of hydrogen-bond acceptors (Lipinski definition) is 4. The fourth-order valence-corrected chi connectivity index (χ4v) is 1.07. The van der Waals surface area contributed by atoms with Crippen LogP contribution in [0.1, 0.15) is 20.8 Å². The molecule has 1 heterocycles. The Kier molecular flexibility index (Phi) is 3.31. The van der Waals surface area contributed by atoms with Crippen LogP contribution in [-0.2, 0) is 14.4 Å². The normalized spacial score (nSPS) is 16.0. The number of nitrogens with two attached hydrogens (primary N) is 1. The van der Waals surface area contributed by atoms with E-state index in [4.69, 9.17) is 10.6 Å². The summed E-state index contributed by atoms with van der Waals surface area (Å²) >= 11 is 0. The fraction of sp³-hybridized carbons (Fsp3) is 0.364. The van der Waals surface area contributed by atoms with Crippen LogP contribution in [0.25, 0.3) is 0 Å². The minimum absolute atomic E-state index is 0.178. The molecule has 0 bridgehead atoms. The molecular weight excluding hydrogens is 194 g/mol. The van der Waals surface area contributed by atoms with Crippen molar-refractivity contribution in [1.82, 2.24) is 0 Å². The highest BCUT2D eigenvalue weighted by molar-refractivity contribution is 5.91. The number of carbonyl (C=O) groups excluding carboxylic acids is 1. The molecule has 0 radical (unpaired) electrons. The molecule has 0 spiro atoms. The lowest BCUT2D eigenvalue weighted by molar-refractivity contribution is -0.139. The number of carbonyl (C=O) groups is 1. The molecule has 2 N–H and O–H groups in total. The van der Waals surface area contributed by atoms with Crippen LogP contribution in [0.15, 0.2) is 35.8 Å². The van der Waals surface area contributed by atoms with Crippen molar-refractivity contribution >= 4 is 5.97 Å². The van der Waals surface area contributed by atoms with Gasteiger partial charge in [0.1, 0.15) is 5.76 Å². The average molecular weight is 209 g/mol. The van der Waals surface area contributed by atoms with E-state index in [0.717, 1.165) is 0 Å². The van der Waals surface area contributed by atoms with Crippen LogP contribution in [0, 0.1) is 5.41 Å². The highest BCUT2D eigenvalue weighted by atomic mass is 16.7. The minimum atomic E-state index is -0.577. The van der Waals surface area contributed by atoms with E-state index in [9.17, 15) is 4.79 Å². The van der Waals surface area contributed by atoms with Gasteiger partial charge in [0.25, 0.3) is 0 Å². The molecule has 4 heteroatoms. The van der Waals surface area contributed by atoms with Crippen LogP contribution in [-0.4, -0.2) is 5.97 Å². The van der Waals surface area contributed by atoms with Gasteiger partial charge in [-0.25, -0.2) is 4.79 Å². The fourth-order valence-electron chi connectivity index (χ4n) is 1.07. The lowest BCUT2D eigenvalue weighted by atomic mass is 9.92. The van der Waals surface area contributed by atoms with Crippen molar-refractivity contribution in [3.63, 3.8) is 0 Å². The van der Waals surface area contributed by atoms with Crippen molar-refractivity contribution in [3.8, 4) is 0 Å². The molecule has 0 aliphatic carbocycles. The molecule has 0 amide bonds. The van der Waals surface area contributed by atoms with Gasteiger partial charge in [-0.3, -0.25) is 0 Å². The van der Waals surface area contributed by atoms with E-state index in [1.807, 2.05) is 20.8 Å². The first-order valence-electron chi connectivity index (χ1n) is 4.62. The SMILES string of the molecule is CC(C)(C)C1=CC(C(=O)ON)=CC=CO1. The third-order valence-electron chi connectivity index (χ3n) is 1.92. The van der Waals surface area contributed by atoms with Gasteiger partial charge in [-0.1, -0.05) is 20.8 Å². The third-order valence-corrected chi connectivity index (χ3v) is 1.92. The Morgan fingerprint density at radius 2 is 2.13 bits per heavy atom. The summed E-state index contributed by atoms with van der Waals surface area (Å²) < 4.78 is 5.37. The minimum Gasteiger partial charge on any atom is -0.469 e. The molecule has 82 valence electrons. The van der Waals surface area contributed by atoms with Crippen molar-refractivity contribution in [2.75, 3.05) is 0 Å². The zero-order valence-electron chi connectivity index (χ0n) is 9.11. The molecule has 1 aliphatic rings. The highest BCUT2D eigenvalue weighted by Gasteiger charge is 2.21.